The fourth-order valence-electron chi connectivity index (χ4n) is 1.17. The monoisotopic (exact) mass is 194 g/mol. The van der Waals surface area contributed by atoms with Crippen LogP contribution in [0.5, 0.6) is 0 Å². The summed E-state index contributed by atoms with van der Waals surface area (Å²) < 4.78 is 4.52. The Kier molecular flexibility index (Phi) is 3.59. The number of ether oxygens (including phenoxy) is 1. The average molecular weight is 194 g/mol. The molecule has 1 aromatic heterocycles. The van der Waals surface area contributed by atoms with Gasteiger partial charge in [0.2, 0.25) is 0 Å². The highest BCUT2D eigenvalue weighted by Crippen LogP contribution is 2.01. The first-order valence-electron chi connectivity index (χ1n) is 4.39. The number of pyridine rings is 1. The molecule has 0 aliphatic carbocycles. The van der Waals surface area contributed by atoms with E-state index in [1.807, 2.05) is 25.1 Å². The number of nitrogens with two attached hydrogens (primary N) is 1. The predicted molar refractivity (Wildman–Crippen MR) is 52.7 cm³/mol. The Morgan fingerprint density at radius 3 is 2.93 bits per heavy atom. The maximum absolute atomic E-state index is 11.0. The van der Waals surface area contributed by atoms with Crippen LogP contribution in [0.3, 0.4) is 0 Å². The van der Waals surface area contributed by atoms with E-state index in [0.717, 1.165) is 11.4 Å². The van der Waals surface area contributed by atoms with Gasteiger partial charge in [-0.1, -0.05) is 6.07 Å². The standard InChI is InChI=1S/C10H14N2O2/c1-7-4-3-5-8(12-7)6-9(11)10(13)14-2/h3-5,9H,6,11H2,1-2H3/t9-/m0/s1. The zero-order valence-corrected chi connectivity index (χ0v) is 8.36. The van der Waals surface area contributed by atoms with Crippen LogP contribution in [-0.2, 0) is 16.0 Å². The Morgan fingerprint density at radius 1 is 1.64 bits per heavy atom. The Balaban J connectivity index is 2.64. The molecule has 4 heteroatoms. The minimum absolute atomic E-state index is 0.409. The lowest BCUT2D eigenvalue weighted by atomic mass is 10.1. The first kappa shape index (κ1) is 10.7. The number of hydrogen-bond acceptors (Lipinski definition) is 4. The van der Waals surface area contributed by atoms with Gasteiger partial charge in [-0.25, -0.2) is 0 Å². The van der Waals surface area contributed by atoms with Crippen LogP contribution in [0, 0.1) is 6.92 Å². The number of rotatable bonds is 3. The highest BCUT2D eigenvalue weighted by Gasteiger charge is 2.14. The van der Waals surface area contributed by atoms with Gasteiger partial charge in [0.25, 0.3) is 0 Å². The zero-order valence-electron chi connectivity index (χ0n) is 8.36. The Hall–Kier alpha value is -1.42. The number of aromatic nitrogens is 1. The molecule has 1 aromatic rings. The van der Waals surface area contributed by atoms with E-state index in [4.69, 9.17) is 5.73 Å². The van der Waals surface area contributed by atoms with Crippen molar-refractivity contribution in [3.63, 3.8) is 0 Å². The molecule has 76 valence electrons. The van der Waals surface area contributed by atoms with Crippen LogP contribution in [0.15, 0.2) is 18.2 Å². The second-order valence-corrected chi connectivity index (χ2v) is 3.10. The van der Waals surface area contributed by atoms with Crippen molar-refractivity contribution in [2.45, 2.75) is 19.4 Å². The zero-order chi connectivity index (χ0) is 10.6. The number of esters is 1. The van der Waals surface area contributed by atoms with E-state index >= 15 is 0 Å². The summed E-state index contributed by atoms with van der Waals surface area (Å²) in [5.41, 5.74) is 7.32. The molecule has 0 bridgehead atoms. The van der Waals surface area contributed by atoms with Gasteiger partial charge in [-0.2, -0.15) is 0 Å². The molecule has 0 fully saturated rings. The van der Waals surface area contributed by atoms with E-state index in [9.17, 15) is 4.79 Å². The molecule has 0 aromatic carbocycles. The minimum Gasteiger partial charge on any atom is -0.468 e. The normalized spacial score (nSPS) is 12.2. The molecule has 1 rings (SSSR count). The highest BCUT2D eigenvalue weighted by atomic mass is 16.5. The van der Waals surface area contributed by atoms with Gasteiger partial charge in [-0.15, -0.1) is 0 Å². The first-order valence-corrected chi connectivity index (χ1v) is 4.39. The molecule has 1 atom stereocenters. The van der Waals surface area contributed by atoms with E-state index in [1.54, 1.807) is 0 Å². The van der Waals surface area contributed by atoms with E-state index in [1.165, 1.54) is 7.11 Å². The van der Waals surface area contributed by atoms with Crippen molar-refractivity contribution in [2.24, 2.45) is 5.73 Å². The van der Waals surface area contributed by atoms with Crippen molar-refractivity contribution in [1.82, 2.24) is 4.98 Å². The summed E-state index contributed by atoms with van der Waals surface area (Å²) in [6.07, 6.45) is 0.411. The third-order valence-corrected chi connectivity index (χ3v) is 1.88. The number of hydrogen-bond donors (Lipinski definition) is 1. The molecular formula is C10H14N2O2. The SMILES string of the molecule is COC(=O)[C@@H](N)Cc1cccc(C)n1. The summed E-state index contributed by atoms with van der Waals surface area (Å²) in [7, 11) is 1.33. The minimum atomic E-state index is -0.630. The molecule has 0 aliphatic rings. The maximum atomic E-state index is 11.0. The van der Waals surface area contributed by atoms with Crippen LogP contribution >= 0.6 is 0 Å². The second kappa shape index (κ2) is 4.72. The van der Waals surface area contributed by atoms with Crippen molar-refractivity contribution in [2.75, 3.05) is 7.11 Å². The lowest BCUT2D eigenvalue weighted by Gasteiger charge is -2.08. The lowest BCUT2D eigenvalue weighted by molar-refractivity contribution is -0.142. The van der Waals surface area contributed by atoms with Gasteiger partial charge in [0.05, 0.1) is 7.11 Å². The van der Waals surface area contributed by atoms with E-state index in [-0.39, 0.29) is 0 Å². The first-order chi connectivity index (χ1) is 6.63. The molecule has 0 radical (unpaired) electrons. The number of nitrogens with zero attached hydrogens (tertiary/aromatic N) is 1. The smallest absolute Gasteiger partial charge is 0.323 e. The molecule has 0 saturated carbocycles. The lowest BCUT2D eigenvalue weighted by Crippen LogP contribution is -2.33. The molecule has 0 spiro atoms. The summed E-state index contributed by atoms with van der Waals surface area (Å²) in [4.78, 5) is 15.3. The average Bonchev–Trinajstić information content (AvgIpc) is 2.16. The topological polar surface area (TPSA) is 65.2 Å². The van der Waals surface area contributed by atoms with Crippen LogP contribution in [-0.4, -0.2) is 24.1 Å². The van der Waals surface area contributed by atoms with Gasteiger partial charge in [-0.3, -0.25) is 9.78 Å². The molecule has 4 nitrogen and oxygen atoms in total. The Bertz CT molecular complexity index is 326. The van der Waals surface area contributed by atoms with Crippen molar-refractivity contribution >= 4 is 5.97 Å². The molecular weight excluding hydrogens is 180 g/mol. The number of carbonyl (C=O) groups is 1. The number of methoxy groups -OCH3 is 1. The van der Waals surface area contributed by atoms with Crippen LogP contribution in [0.25, 0.3) is 0 Å². The molecule has 1 heterocycles. The fraction of sp³-hybridized carbons (Fsp3) is 0.400. The van der Waals surface area contributed by atoms with E-state index in [0.29, 0.717) is 6.42 Å². The van der Waals surface area contributed by atoms with Gasteiger partial charge in [0, 0.05) is 17.8 Å². The molecule has 14 heavy (non-hydrogen) atoms. The van der Waals surface area contributed by atoms with Gasteiger partial charge in [0.15, 0.2) is 0 Å². The van der Waals surface area contributed by atoms with Crippen LogP contribution in [0.2, 0.25) is 0 Å². The quantitative estimate of drug-likeness (QED) is 0.709. The highest BCUT2D eigenvalue weighted by molar-refractivity contribution is 5.75. The van der Waals surface area contributed by atoms with Crippen LogP contribution in [0.1, 0.15) is 11.4 Å². The largest absolute Gasteiger partial charge is 0.468 e. The third-order valence-electron chi connectivity index (χ3n) is 1.88. The Morgan fingerprint density at radius 2 is 2.36 bits per heavy atom. The van der Waals surface area contributed by atoms with Crippen molar-refractivity contribution in [3.05, 3.63) is 29.6 Å². The van der Waals surface area contributed by atoms with E-state index < -0.39 is 12.0 Å². The number of aryl methyl sites for hydroxylation is 1. The summed E-state index contributed by atoms with van der Waals surface area (Å²) in [5, 5.41) is 0. The van der Waals surface area contributed by atoms with Gasteiger partial charge < -0.3 is 10.5 Å². The van der Waals surface area contributed by atoms with Crippen molar-refractivity contribution in [1.29, 1.82) is 0 Å². The summed E-state index contributed by atoms with van der Waals surface area (Å²) >= 11 is 0. The van der Waals surface area contributed by atoms with Crippen molar-refractivity contribution in [3.8, 4) is 0 Å². The van der Waals surface area contributed by atoms with Crippen LogP contribution in [0.4, 0.5) is 0 Å². The van der Waals surface area contributed by atoms with Gasteiger partial charge in [-0.05, 0) is 19.1 Å². The molecule has 0 aliphatic heterocycles. The summed E-state index contributed by atoms with van der Waals surface area (Å²) in [5.74, 6) is -0.409. The fourth-order valence-corrected chi connectivity index (χ4v) is 1.17. The molecule has 0 saturated heterocycles. The van der Waals surface area contributed by atoms with Gasteiger partial charge in [0.1, 0.15) is 6.04 Å². The number of carbonyl (C=O) groups excluding carboxylic acids is 1. The second-order valence-electron chi connectivity index (χ2n) is 3.10. The third kappa shape index (κ3) is 2.81. The molecule has 0 unspecified atom stereocenters. The van der Waals surface area contributed by atoms with Crippen LogP contribution < -0.4 is 5.73 Å². The molecule has 2 N–H and O–H groups in total. The van der Waals surface area contributed by atoms with Gasteiger partial charge >= 0.3 is 5.97 Å². The molecule has 0 amide bonds. The Labute approximate surface area is 83.1 Å². The predicted octanol–water partition coefficient (Wildman–Crippen LogP) is 0.433. The summed E-state index contributed by atoms with van der Waals surface area (Å²) in [6, 6.07) is 5.00. The maximum Gasteiger partial charge on any atom is 0.323 e. The van der Waals surface area contributed by atoms with E-state index in [2.05, 4.69) is 9.72 Å². The van der Waals surface area contributed by atoms with Crippen molar-refractivity contribution < 1.29 is 9.53 Å². The summed E-state index contributed by atoms with van der Waals surface area (Å²) in [6.45, 7) is 1.90.